The summed E-state index contributed by atoms with van der Waals surface area (Å²) in [7, 11) is 0. The zero-order chi connectivity index (χ0) is 18.1. The number of amides is 1. The number of halogens is 1. The fourth-order valence-corrected chi connectivity index (χ4v) is 3.28. The van der Waals surface area contributed by atoms with Crippen molar-refractivity contribution in [2.45, 2.75) is 13.0 Å². The first-order valence-corrected chi connectivity index (χ1v) is 8.70. The maximum atomic E-state index is 12.6. The maximum absolute atomic E-state index is 12.6. The Morgan fingerprint density at radius 2 is 1.88 bits per heavy atom. The van der Waals surface area contributed by atoms with Gasteiger partial charge in [-0.15, -0.1) is 0 Å². The summed E-state index contributed by atoms with van der Waals surface area (Å²) < 4.78 is 1.34. The molecule has 0 spiro atoms. The van der Waals surface area contributed by atoms with Crippen molar-refractivity contribution in [2.75, 3.05) is 11.4 Å². The van der Waals surface area contributed by atoms with Gasteiger partial charge in [-0.3, -0.25) is 14.2 Å². The van der Waals surface area contributed by atoms with Crippen LogP contribution in [0.2, 0.25) is 5.02 Å². The zero-order valence-electron chi connectivity index (χ0n) is 13.9. The standard InChI is InChI=1S/C20H16ClN3O2/c21-16-7-5-14(6-8-16)17-11-19(25)23(13-22-17)12-20(26)24-10-9-15-3-1-2-4-18(15)24/h1-8,11,13H,9-10,12H2. The quantitative estimate of drug-likeness (QED) is 0.716. The van der Waals surface area contributed by atoms with Crippen molar-refractivity contribution in [3.63, 3.8) is 0 Å². The number of benzene rings is 2. The molecule has 26 heavy (non-hydrogen) atoms. The minimum Gasteiger partial charge on any atom is -0.310 e. The molecule has 1 aliphatic rings. The SMILES string of the molecule is O=C(Cn1cnc(-c2ccc(Cl)cc2)cc1=O)N1CCc2ccccc21. The van der Waals surface area contributed by atoms with Crippen LogP contribution < -0.4 is 10.5 Å². The van der Waals surface area contributed by atoms with Crippen LogP contribution in [0.5, 0.6) is 0 Å². The van der Waals surface area contributed by atoms with E-state index in [0.717, 1.165) is 23.2 Å². The normalized spacial score (nSPS) is 12.9. The van der Waals surface area contributed by atoms with E-state index in [1.807, 2.05) is 24.3 Å². The predicted octanol–water partition coefficient (Wildman–Crippen LogP) is 3.15. The number of carbonyl (C=O) groups is 1. The molecule has 5 nitrogen and oxygen atoms in total. The minimum absolute atomic E-state index is 0.0267. The van der Waals surface area contributed by atoms with Crippen molar-refractivity contribution in [2.24, 2.45) is 0 Å². The molecule has 0 saturated heterocycles. The van der Waals surface area contributed by atoms with Gasteiger partial charge in [0.1, 0.15) is 6.54 Å². The van der Waals surface area contributed by atoms with Gasteiger partial charge in [0.05, 0.1) is 12.0 Å². The number of aromatic nitrogens is 2. The predicted molar refractivity (Wildman–Crippen MR) is 101 cm³/mol. The van der Waals surface area contributed by atoms with Crippen molar-refractivity contribution in [3.05, 3.63) is 81.9 Å². The summed E-state index contributed by atoms with van der Waals surface area (Å²) >= 11 is 5.88. The Morgan fingerprint density at radius 3 is 2.65 bits per heavy atom. The van der Waals surface area contributed by atoms with Gasteiger partial charge < -0.3 is 4.90 Å². The van der Waals surface area contributed by atoms with E-state index in [-0.39, 0.29) is 18.0 Å². The highest BCUT2D eigenvalue weighted by molar-refractivity contribution is 6.30. The first kappa shape index (κ1) is 16.5. The van der Waals surface area contributed by atoms with E-state index in [2.05, 4.69) is 4.98 Å². The number of carbonyl (C=O) groups excluding carboxylic acids is 1. The summed E-state index contributed by atoms with van der Waals surface area (Å²) in [4.78, 5) is 31.1. The average molecular weight is 366 g/mol. The number of nitrogens with zero attached hydrogens (tertiary/aromatic N) is 3. The van der Waals surface area contributed by atoms with E-state index in [0.29, 0.717) is 17.3 Å². The summed E-state index contributed by atoms with van der Waals surface area (Å²) in [6.45, 7) is 0.615. The summed E-state index contributed by atoms with van der Waals surface area (Å²) in [5.74, 6) is -0.113. The molecule has 0 atom stereocenters. The molecule has 1 aromatic heterocycles. The van der Waals surface area contributed by atoms with E-state index < -0.39 is 0 Å². The van der Waals surface area contributed by atoms with Crippen molar-refractivity contribution < 1.29 is 4.79 Å². The highest BCUT2D eigenvalue weighted by Gasteiger charge is 2.24. The van der Waals surface area contributed by atoms with Crippen molar-refractivity contribution in [1.82, 2.24) is 9.55 Å². The van der Waals surface area contributed by atoms with Gasteiger partial charge >= 0.3 is 0 Å². The highest BCUT2D eigenvalue weighted by atomic mass is 35.5. The molecule has 4 rings (SSSR count). The second-order valence-electron chi connectivity index (χ2n) is 6.17. The number of anilines is 1. The lowest BCUT2D eigenvalue weighted by atomic mass is 10.1. The second kappa shape index (κ2) is 6.77. The van der Waals surface area contributed by atoms with Gasteiger partial charge in [-0.25, -0.2) is 4.98 Å². The van der Waals surface area contributed by atoms with Gasteiger partial charge in [0, 0.05) is 28.9 Å². The molecule has 2 aromatic carbocycles. The number of rotatable bonds is 3. The van der Waals surface area contributed by atoms with Gasteiger partial charge in [0.25, 0.3) is 5.56 Å². The van der Waals surface area contributed by atoms with Gasteiger partial charge in [-0.1, -0.05) is 41.9 Å². The Balaban J connectivity index is 1.55. The third kappa shape index (κ3) is 3.13. The van der Waals surface area contributed by atoms with Crippen LogP contribution in [0.15, 0.2) is 65.7 Å². The molecule has 6 heteroatoms. The molecule has 0 N–H and O–H groups in total. The molecule has 1 amide bonds. The van der Waals surface area contributed by atoms with Gasteiger partial charge in [-0.2, -0.15) is 0 Å². The molecule has 1 aliphatic heterocycles. The van der Waals surface area contributed by atoms with Crippen LogP contribution >= 0.6 is 11.6 Å². The average Bonchev–Trinajstić information content (AvgIpc) is 3.08. The van der Waals surface area contributed by atoms with Crippen LogP contribution in [0.1, 0.15) is 5.56 Å². The third-order valence-corrected chi connectivity index (χ3v) is 4.77. The molecule has 130 valence electrons. The molecular formula is C20H16ClN3O2. The smallest absolute Gasteiger partial charge is 0.254 e. The lowest BCUT2D eigenvalue weighted by Gasteiger charge is -2.17. The third-order valence-electron chi connectivity index (χ3n) is 4.51. The molecule has 0 bridgehead atoms. The van der Waals surface area contributed by atoms with Crippen LogP contribution in [0, 0.1) is 0 Å². The minimum atomic E-state index is -0.259. The summed E-state index contributed by atoms with van der Waals surface area (Å²) in [5.41, 5.74) is 3.19. The summed E-state index contributed by atoms with van der Waals surface area (Å²) in [5, 5.41) is 0.624. The number of fused-ring (bicyclic) bond motifs is 1. The van der Waals surface area contributed by atoms with Crippen molar-refractivity contribution in [1.29, 1.82) is 0 Å². The topological polar surface area (TPSA) is 55.2 Å². The fourth-order valence-electron chi connectivity index (χ4n) is 3.15. The Kier molecular flexibility index (Phi) is 4.31. The molecule has 0 radical (unpaired) electrons. The lowest BCUT2D eigenvalue weighted by molar-refractivity contribution is -0.119. The summed E-state index contributed by atoms with van der Waals surface area (Å²) in [6.07, 6.45) is 2.26. The van der Waals surface area contributed by atoms with E-state index >= 15 is 0 Å². The first-order chi connectivity index (χ1) is 12.6. The Bertz CT molecular complexity index is 1030. The molecular weight excluding hydrogens is 350 g/mol. The number of hydrogen-bond acceptors (Lipinski definition) is 3. The van der Waals surface area contributed by atoms with Crippen LogP contribution in [0.4, 0.5) is 5.69 Å². The van der Waals surface area contributed by atoms with E-state index in [1.165, 1.54) is 17.0 Å². The van der Waals surface area contributed by atoms with Crippen molar-refractivity contribution >= 4 is 23.2 Å². The Labute approximate surface area is 155 Å². The molecule has 0 saturated carbocycles. The maximum Gasteiger partial charge on any atom is 0.254 e. The monoisotopic (exact) mass is 365 g/mol. The van der Waals surface area contributed by atoms with Crippen LogP contribution in [0.25, 0.3) is 11.3 Å². The van der Waals surface area contributed by atoms with E-state index in [4.69, 9.17) is 11.6 Å². The largest absolute Gasteiger partial charge is 0.310 e. The second-order valence-corrected chi connectivity index (χ2v) is 6.61. The molecule has 0 unspecified atom stereocenters. The Morgan fingerprint density at radius 1 is 1.12 bits per heavy atom. The molecule has 3 aromatic rings. The van der Waals surface area contributed by atoms with E-state index in [9.17, 15) is 9.59 Å². The van der Waals surface area contributed by atoms with Crippen LogP contribution in [-0.4, -0.2) is 22.0 Å². The Hall–Kier alpha value is -2.92. The molecule has 2 heterocycles. The number of hydrogen-bond donors (Lipinski definition) is 0. The van der Waals surface area contributed by atoms with Crippen LogP contribution in [0.3, 0.4) is 0 Å². The molecule has 0 aliphatic carbocycles. The summed E-state index contributed by atoms with van der Waals surface area (Å²) in [6, 6.07) is 16.4. The van der Waals surface area contributed by atoms with E-state index in [1.54, 1.807) is 29.2 Å². The van der Waals surface area contributed by atoms with Gasteiger partial charge in [0.15, 0.2) is 0 Å². The zero-order valence-corrected chi connectivity index (χ0v) is 14.7. The van der Waals surface area contributed by atoms with Gasteiger partial charge in [0.2, 0.25) is 5.91 Å². The van der Waals surface area contributed by atoms with Crippen LogP contribution in [-0.2, 0) is 17.8 Å². The van der Waals surface area contributed by atoms with Gasteiger partial charge in [-0.05, 0) is 30.2 Å². The fraction of sp³-hybridized carbons (Fsp3) is 0.150. The highest BCUT2D eigenvalue weighted by Crippen LogP contribution is 2.27. The lowest BCUT2D eigenvalue weighted by Crippen LogP contribution is -2.35. The number of para-hydroxylation sites is 1. The first-order valence-electron chi connectivity index (χ1n) is 8.32. The van der Waals surface area contributed by atoms with Crippen molar-refractivity contribution in [3.8, 4) is 11.3 Å². The molecule has 0 fully saturated rings.